The molecule has 1 aliphatic rings. The maximum absolute atomic E-state index is 14.0. The SMILES string of the molecule is COc1ccccc1C1C(C(=O)c2cc3cc(Cl)cc(OC)c3o2)=C(O)C(=O)N1c1ccc(C(C)(C)C)cc1. The second-order valence-corrected chi connectivity index (χ2v) is 10.8. The molecule has 1 N–H and O–H groups in total. The van der Waals surface area contributed by atoms with Crippen LogP contribution >= 0.6 is 11.6 Å². The standard InChI is InChI=1S/C31H28ClNO6/c1-31(2,3)18-10-12-20(13-11-18)33-26(21-8-6-7-9-22(21)37-4)25(28(35)30(33)36)27(34)23-15-17-14-19(32)16-24(38-5)29(17)39-23/h6-16,26,35H,1-5H3. The number of halogens is 1. The van der Waals surface area contributed by atoms with Gasteiger partial charge >= 0.3 is 0 Å². The van der Waals surface area contributed by atoms with Gasteiger partial charge in [0, 0.05) is 27.7 Å². The molecule has 1 aliphatic heterocycles. The minimum atomic E-state index is -0.972. The first-order valence-electron chi connectivity index (χ1n) is 12.4. The molecule has 2 heterocycles. The van der Waals surface area contributed by atoms with Gasteiger partial charge in [-0.05, 0) is 41.3 Å². The number of carbonyl (C=O) groups is 2. The topological polar surface area (TPSA) is 89.2 Å². The lowest BCUT2D eigenvalue weighted by molar-refractivity contribution is -0.117. The Balaban J connectivity index is 1.67. The van der Waals surface area contributed by atoms with E-state index in [0.717, 1.165) is 5.56 Å². The van der Waals surface area contributed by atoms with Crippen LogP contribution in [0.3, 0.4) is 0 Å². The lowest BCUT2D eigenvalue weighted by Crippen LogP contribution is -2.31. The first kappa shape index (κ1) is 26.4. The monoisotopic (exact) mass is 545 g/mol. The molecule has 0 saturated carbocycles. The summed E-state index contributed by atoms with van der Waals surface area (Å²) in [6.45, 7) is 6.29. The van der Waals surface area contributed by atoms with E-state index in [2.05, 4.69) is 20.8 Å². The van der Waals surface area contributed by atoms with Crippen LogP contribution < -0.4 is 14.4 Å². The molecule has 39 heavy (non-hydrogen) atoms. The van der Waals surface area contributed by atoms with Gasteiger partial charge < -0.3 is 19.0 Å². The van der Waals surface area contributed by atoms with Gasteiger partial charge in [-0.2, -0.15) is 0 Å². The summed E-state index contributed by atoms with van der Waals surface area (Å²) in [7, 11) is 2.98. The summed E-state index contributed by atoms with van der Waals surface area (Å²) in [6, 6.07) is 18.4. The summed E-state index contributed by atoms with van der Waals surface area (Å²) >= 11 is 6.20. The number of ether oxygens (including phenoxy) is 2. The number of Topliss-reactive ketones (excluding diaryl/α,β-unsaturated/α-hetero) is 1. The number of furan rings is 1. The van der Waals surface area contributed by atoms with Gasteiger partial charge in [0.05, 0.1) is 25.8 Å². The highest BCUT2D eigenvalue weighted by atomic mass is 35.5. The maximum Gasteiger partial charge on any atom is 0.294 e. The lowest BCUT2D eigenvalue weighted by Gasteiger charge is -2.28. The predicted molar refractivity (Wildman–Crippen MR) is 150 cm³/mol. The molecule has 0 aliphatic carbocycles. The van der Waals surface area contributed by atoms with E-state index in [1.54, 1.807) is 36.4 Å². The molecule has 200 valence electrons. The summed E-state index contributed by atoms with van der Waals surface area (Å²) in [4.78, 5) is 29.0. The van der Waals surface area contributed by atoms with Crippen LogP contribution in [0.5, 0.6) is 11.5 Å². The normalized spacial score (nSPS) is 15.8. The Labute approximate surface area is 231 Å². The maximum atomic E-state index is 14.0. The fourth-order valence-electron chi connectivity index (χ4n) is 4.89. The second-order valence-electron chi connectivity index (χ2n) is 10.3. The van der Waals surface area contributed by atoms with E-state index in [1.165, 1.54) is 25.2 Å². The van der Waals surface area contributed by atoms with Gasteiger partial charge in [-0.3, -0.25) is 14.5 Å². The van der Waals surface area contributed by atoms with Crippen molar-refractivity contribution < 1.29 is 28.6 Å². The largest absolute Gasteiger partial charge is 0.503 e. The Morgan fingerprint density at radius 2 is 1.64 bits per heavy atom. The number of aliphatic hydroxyl groups excluding tert-OH is 1. The third-order valence-corrected chi connectivity index (χ3v) is 7.11. The minimum Gasteiger partial charge on any atom is -0.503 e. The van der Waals surface area contributed by atoms with Crippen LogP contribution in [0.15, 0.2) is 82.5 Å². The van der Waals surface area contributed by atoms with E-state index in [1.807, 2.05) is 24.3 Å². The van der Waals surface area contributed by atoms with E-state index in [9.17, 15) is 14.7 Å². The smallest absolute Gasteiger partial charge is 0.294 e. The van der Waals surface area contributed by atoms with Crippen LogP contribution in [0.4, 0.5) is 5.69 Å². The Morgan fingerprint density at radius 3 is 2.28 bits per heavy atom. The third kappa shape index (κ3) is 4.53. The van der Waals surface area contributed by atoms with Crippen molar-refractivity contribution in [2.75, 3.05) is 19.1 Å². The number of carbonyl (C=O) groups excluding carboxylic acids is 2. The van der Waals surface area contributed by atoms with Crippen molar-refractivity contribution in [3.8, 4) is 11.5 Å². The highest BCUT2D eigenvalue weighted by molar-refractivity contribution is 6.31. The first-order valence-corrected chi connectivity index (χ1v) is 12.7. The average molecular weight is 546 g/mol. The van der Waals surface area contributed by atoms with Gasteiger partial charge in [-0.1, -0.05) is 62.7 Å². The Hall–Kier alpha value is -4.23. The summed E-state index contributed by atoms with van der Waals surface area (Å²) in [5.41, 5.74) is 2.26. The van der Waals surface area contributed by atoms with E-state index >= 15 is 0 Å². The average Bonchev–Trinajstić information content (AvgIpc) is 3.46. The van der Waals surface area contributed by atoms with E-state index in [4.69, 9.17) is 25.5 Å². The lowest BCUT2D eigenvalue weighted by atomic mass is 9.87. The number of nitrogens with zero attached hydrogens (tertiary/aromatic N) is 1. The Kier molecular flexibility index (Phi) is 6.64. The van der Waals surface area contributed by atoms with Crippen LogP contribution in [0.2, 0.25) is 5.02 Å². The molecule has 1 atom stereocenters. The van der Waals surface area contributed by atoms with Gasteiger partial charge in [0.15, 0.2) is 22.9 Å². The van der Waals surface area contributed by atoms with Gasteiger partial charge in [0.1, 0.15) is 5.75 Å². The molecule has 0 spiro atoms. The third-order valence-electron chi connectivity index (χ3n) is 6.89. The number of ketones is 1. The summed E-state index contributed by atoms with van der Waals surface area (Å²) < 4.78 is 16.9. The van der Waals surface area contributed by atoms with Crippen LogP contribution in [0, 0.1) is 0 Å². The highest BCUT2D eigenvalue weighted by Crippen LogP contribution is 2.45. The van der Waals surface area contributed by atoms with Crippen molar-refractivity contribution in [3.05, 3.63) is 100.0 Å². The molecule has 4 aromatic rings. The van der Waals surface area contributed by atoms with Crippen molar-refractivity contribution in [1.82, 2.24) is 0 Å². The van der Waals surface area contributed by atoms with Gasteiger partial charge in [0.25, 0.3) is 5.91 Å². The molecule has 7 nitrogen and oxygen atoms in total. The van der Waals surface area contributed by atoms with E-state index in [-0.39, 0.29) is 16.7 Å². The number of para-hydroxylation sites is 1. The highest BCUT2D eigenvalue weighted by Gasteiger charge is 2.46. The number of anilines is 1. The van der Waals surface area contributed by atoms with Gasteiger partial charge in [-0.15, -0.1) is 0 Å². The number of rotatable bonds is 6. The molecule has 0 radical (unpaired) electrons. The molecule has 0 fully saturated rings. The van der Waals surface area contributed by atoms with Crippen molar-refractivity contribution in [2.24, 2.45) is 0 Å². The molecule has 3 aromatic carbocycles. The zero-order chi connectivity index (χ0) is 28.1. The number of hydrogen-bond acceptors (Lipinski definition) is 6. The Morgan fingerprint density at radius 1 is 0.974 bits per heavy atom. The number of hydrogen-bond donors (Lipinski definition) is 1. The number of aliphatic hydroxyl groups is 1. The van der Waals surface area contributed by atoms with Crippen molar-refractivity contribution >= 4 is 39.9 Å². The van der Waals surface area contributed by atoms with Crippen LogP contribution in [-0.4, -0.2) is 31.0 Å². The van der Waals surface area contributed by atoms with Crippen molar-refractivity contribution in [3.63, 3.8) is 0 Å². The first-order chi connectivity index (χ1) is 18.5. The quantitative estimate of drug-likeness (QED) is 0.258. The summed E-state index contributed by atoms with van der Waals surface area (Å²) in [6.07, 6.45) is 0. The van der Waals surface area contributed by atoms with E-state index < -0.39 is 23.5 Å². The van der Waals surface area contributed by atoms with Crippen molar-refractivity contribution in [1.29, 1.82) is 0 Å². The number of benzene rings is 3. The van der Waals surface area contributed by atoms with Crippen molar-refractivity contribution in [2.45, 2.75) is 32.2 Å². The van der Waals surface area contributed by atoms with Crippen LogP contribution in [0.25, 0.3) is 11.0 Å². The molecule has 0 bridgehead atoms. The fraction of sp³-hybridized carbons (Fsp3) is 0.226. The molecule has 8 heteroatoms. The number of amides is 1. The van der Waals surface area contributed by atoms with Gasteiger partial charge in [0.2, 0.25) is 5.78 Å². The molecule has 1 amide bonds. The van der Waals surface area contributed by atoms with Gasteiger partial charge in [-0.25, -0.2) is 0 Å². The molecular formula is C31H28ClNO6. The number of fused-ring (bicyclic) bond motifs is 1. The summed E-state index contributed by atoms with van der Waals surface area (Å²) in [5, 5.41) is 12.1. The minimum absolute atomic E-state index is 0.0651. The summed E-state index contributed by atoms with van der Waals surface area (Å²) in [5.74, 6) is -1.23. The zero-order valence-electron chi connectivity index (χ0n) is 22.2. The molecule has 5 rings (SSSR count). The molecule has 0 saturated heterocycles. The predicted octanol–water partition coefficient (Wildman–Crippen LogP) is 7.18. The van der Waals surface area contributed by atoms with E-state index in [0.29, 0.717) is 38.7 Å². The number of methoxy groups -OCH3 is 2. The van der Waals surface area contributed by atoms with Crippen LogP contribution in [-0.2, 0) is 10.2 Å². The van der Waals surface area contributed by atoms with Crippen LogP contribution in [0.1, 0.15) is 48.5 Å². The zero-order valence-corrected chi connectivity index (χ0v) is 23.0. The molecule has 1 unspecified atom stereocenters. The second kappa shape index (κ2) is 9.82. The fourth-order valence-corrected chi connectivity index (χ4v) is 5.11. The Bertz CT molecular complexity index is 1630. The molecular weight excluding hydrogens is 518 g/mol. The molecule has 1 aromatic heterocycles.